The molecule has 1 rings (SSSR count). The van der Waals surface area contributed by atoms with Gasteiger partial charge in [-0.3, -0.25) is 0 Å². The Morgan fingerprint density at radius 2 is 1.43 bits per heavy atom. The predicted octanol–water partition coefficient (Wildman–Crippen LogP) is 7.41. The number of para-hydroxylation sites is 1. The molecule has 2 heteroatoms. The predicted molar refractivity (Wildman–Crippen MR) is 122 cm³/mol. The molecular weight excluding hydrogens is 344 g/mol. The van der Waals surface area contributed by atoms with Gasteiger partial charge in [0.05, 0.1) is 6.61 Å². The third-order valence-electron chi connectivity index (χ3n) is 4.96. The van der Waals surface area contributed by atoms with Crippen LogP contribution in [0.25, 0.3) is 0 Å². The summed E-state index contributed by atoms with van der Waals surface area (Å²) in [6.07, 6.45) is 25.1. The summed E-state index contributed by atoms with van der Waals surface area (Å²) in [6, 6.07) is 8.03. The zero-order valence-electron chi connectivity index (χ0n) is 18.1. The molecule has 0 amide bonds. The molecular formula is C26H42O2. The summed E-state index contributed by atoms with van der Waals surface area (Å²) in [6.45, 7) is 3.20. The first-order valence-corrected chi connectivity index (χ1v) is 11.5. The fraction of sp³-hybridized carbons (Fsp3) is 0.615. The van der Waals surface area contributed by atoms with Crippen LogP contribution in [-0.2, 0) is 6.42 Å². The van der Waals surface area contributed by atoms with E-state index < -0.39 is 0 Å². The lowest BCUT2D eigenvalue weighted by atomic mass is 10.1. The normalized spacial score (nSPS) is 11.6. The van der Waals surface area contributed by atoms with E-state index in [9.17, 15) is 0 Å². The molecule has 0 spiro atoms. The Kier molecular flexibility index (Phi) is 16.5. The van der Waals surface area contributed by atoms with Gasteiger partial charge in [-0.2, -0.15) is 0 Å². The van der Waals surface area contributed by atoms with Crippen molar-refractivity contribution in [2.75, 3.05) is 13.2 Å². The van der Waals surface area contributed by atoms with Crippen molar-refractivity contribution in [3.63, 3.8) is 0 Å². The van der Waals surface area contributed by atoms with E-state index in [-0.39, 0.29) is 6.61 Å². The van der Waals surface area contributed by atoms with Crippen molar-refractivity contribution < 1.29 is 9.84 Å². The van der Waals surface area contributed by atoms with Crippen molar-refractivity contribution in [2.24, 2.45) is 0 Å². The molecule has 0 bridgehead atoms. The van der Waals surface area contributed by atoms with Gasteiger partial charge >= 0.3 is 0 Å². The first-order chi connectivity index (χ1) is 13.9. The summed E-state index contributed by atoms with van der Waals surface area (Å²) < 4.78 is 5.88. The van der Waals surface area contributed by atoms with Crippen LogP contribution >= 0.6 is 0 Å². The largest absolute Gasteiger partial charge is 0.493 e. The molecule has 1 N–H and O–H groups in total. The number of aliphatic hydroxyl groups excluding tert-OH is 1. The van der Waals surface area contributed by atoms with E-state index >= 15 is 0 Å². The van der Waals surface area contributed by atoms with E-state index in [1.807, 2.05) is 24.3 Å². The van der Waals surface area contributed by atoms with Crippen molar-refractivity contribution in [1.82, 2.24) is 0 Å². The quantitative estimate of drug-likeness (QED) is 0.210. The Balaban J connectivity index is 1.90. The van der Waals surface area contributed by atoms with Gasteiger partial charge in [0.2, 0.25) is 0 Å². The van der Waals surface area contributed by atoms with Gasteiger partial charge in [-0.15, -0.1) is 0 Å². The Bertz CT molecular complexity index is 519. The topological polar surface area (TPSA) is 29.5 Å². The van der Waals surface area contributed by atoms with Crippen LogP contribution in [0, 0.1) is 0 Å². The smallest absolute Gasteiger partial charge is 0.122 e. The molecule has 0 saturated carbocycles. The highest BCUT2D eigenvalue weighted by molar-refractivity contribution is 5.33. The van der Waals surface area contributed by atoms with Crippen molar-refractivity contribution in [3.8, 4) is 5.75 Å². The maximum atomic E-state index is 9.10. The molecule has 28 heavy (non-hydrogen) atoms. The first kappa shape index (κ1) is 24.5. The molecule has 0 fully saturated rings. The second-order valence-electron chi connectivity index (χ2n) is 7.51. The monoisotopic (exact) mass is 386 g/mol. The fourth-order valence-corrected chi connectivity index (χ4v) is 3.24. The zero-order valence-corrected chi connectivity index (χ0v) is 18.1. The van der Waals surface area contributed by atoms with Crippen LogP contribution in [0.4, 0.5) is 0 Å². The van der Waals surface area contributed by atoms with Crippen molar-refractivity contribution in [3.05, 3.63) is 54.1 Å². The van der Waals surface area contributed by atoms with Crippen LogP contribution in [-0.4, -0.2) is 18.3 Å². The van der Waals surface area contributed by atoms with E-state index in [1.165, 1.54) is 64.2 Å². The van der Waals surface area contributed by atoms with Crippen molar-refractivity contribution >= 4 is 0 Å². The van der Waals surface area contributed by atoms with Crippen LogP contribution in [0.15, 0.2) is 48.6 Å². The summed E-state index contributed by atoms with van der Waals surface area (Å²) in [7, 11) is 0. The molecule has 0 unspecified atom stereocenters. The maximum absolute atomic E-state index is 9.10. The van der Waals surface area contributed by atoms with Crippen molar-refractivity contribution in [1.29, 1.82) is 0 Å². The van der Waals surface area contributed by atoms with E-state index in [1.54, 1.807) is 0 Å². The molecule has 1 aromatic rings. The van der Waals surface area contributed by atoms with E-state index in [2.05, 4.69) is 31.2 Å². The minimum atomic E-state index is 0.172. The first-order valence-electron chi connectivity index (χ1n) is 11.5. The fourth-order valence-electron chi connectivity index (χ4n) is 3.24. The number of hydrogen-bond acceptors (Lipinski definition) is 2. The van der Waals surface area contributed by atoms with Gasteiger partial charge in [0.1, 0.15) is 5.75 Å². The van der Waals surface area contributed by atoms with Gasteiger partial charge in [-0.05, 0) is 56.6 Å². The molecule has 0 aromatic heterocycles. The number of unbranched alkanes of at least 4 members (excludes halogenated alkanes) is 9. The third-order valence-corrected chi connectivity index (χ3v) is 4.96. The Hall–Kier alpha value is -1.54. The van der Waals surface area contributed by atoms with Gasteiger partial charge in [0.25, 0.3) is 0 Å². The van der Waals surface area contributed by atoms with Gasteiger partial charge in [0, 0.05) is 6.61 Å². The lowest BCUT2D eigenvalue weighted by Gasteiger charge is -2.10. The van der Waals surface area contributed by atoms with Gasteiger partial charge in [-0.25, -0.2) is 0 Å². The van der Waals surface area contributed by atoms with Crippen LogP contribution < -0.4 is 4.74 Å². The molecule has 0 saturated heterocycles. The molecule has 2 nitrogen and oxygen atoms in total. The summed E-state index contributed by atoms with van der Waals surface area (Å²) in [4.78, 5) is 0. The van der Waals surface area contributed by atoms with Gasteiger partial charge in [-0.1, -0.05) is 88.0 Å². The summed E-state index contributed by atoms with van der Waals surface area (Å²) >= 11 is 0. The SMILES string of the molecule is CCCCC/C=C\C/C=C\CCCCCCCCOc1ccccc1CCO. The minimum absolute atomic E-state index is 0.172. The molecule has 0 heterocycles. The lowest BCUT2D eigenvalue weighted by molar-refractivity contribution is 0.284. The number of benzene rings is 1. The molecule has 158 valence electrons. The number of aliphatic hydroxyl groups is 1. The van der Waals surface area contributed by atoms with Gasteiger partial charge < -0.3 is 9.84 Å². The van der Waals surface area contributed by atoms with Gasteiger partial charge in [0.15, 0.2) is 0 Å². The second kappa shape index (κ2) is 18.8. The number of ether oxygens (including phenoxy) is 1. The van der Waals surface area contributed by atoms with E-state index in [4.69, 9.17) is 9.84 Å². The van der Waals surface area contributed by atoms with E-state index in [0.29, 0.717) is 6.42 Å². The molecule has 0 atom stereocenters. The average Bonchev–Trinajstić information content (AvgIpc) is 2.71. The highest BCUT2D eigenvalue weighted by Crippen LogP contribution is 2.19. The Morgan fingerprint density at radius 3 is 2.14 bits per heavy atom. The molecule has 0 radical (unpaired) electrons. The van der Waals surface area contributed by atoms with Crippen LogP contribution in [0.2, 0.25) is 0 Å². The summed E-state index contributed by atoms with van der Waals surface area (Å²) in [5, 5.41) is 9.10. The second-order valence-corrected chi connectivity index (χ2v) is 7.51. The maximum Gasteiger partial charge on any atom is 0.122 e. The highest BCUT2D eigenvalue weighted by Gasteiger charge is 2.01. The highest BCUT2D eigenvalue weighted by atomic mass is 16.5. The van der Waals surface area contributed by atoms with Crippen LogP contribution in [0.3, 0.4) is 0 Å². The number of rotatable bonds is 18. The third kappa shape index (κ3) is 13.6. The average molecular weight is 387 g/mol. The summed E-state index contributed by atoms with van der Waals surface area (Å²) in [5.74, 6) is 0.930. The van der Waals surface area contributed by atoms with Crippen molar-refractivity contribution in [2.45, 2.75) is 90.4 Å². The van der Waals surface area contributed by atoms with Crippen LogP contribution in [0.1, 0.15) is 89.5 Å². The molecule has 1 aromatic carbocycles. The molecule has 0 aliphatic heterocycles. The standard InChI is InChI=1S/C26H42O2/c1-2-3-4-5-6-7-8-9-10-11-12-13-14-15-16-19-24-28-26-21-18-17-20-25(26)22-23-27/h6-7,9-10,17-18,20-21,27H,2-5,8,11-16,19,22-24H2,1H3/b7-6-,10-9-. The summed E-state index contributed by atoms with van der Waals surface area (Å²) in [5.41, 5.74) is 1.10. The zero-order chi connectivity index (χ0) is 20.1. The Morgan fingerprint density at radius 1 is 0.786 bits per heavy atom. The Labute approximate surface area is 173 Å². The molecule has 0 aliphatic carbocycles. The van der Waals surface area contributed by atoms with Crippen LogP contribution in [0.5, 0.6) is 5.75 Å². The minimum Gasteiger partial charge on any atom is -0.493 e. The molecule has 0 aliphatic rings. The number of hydrogen-bond donors (Lipinski definition) is 1. The number of allylic oxidation sites excluding steroid dienone is 4. The lowest BCUT2D eigenvalue weighted by Crippen LogP contribution is -2.01. The van der Waals surface area contributed by atoms with E-state index in [0.717, 1.165) is 30.8 Å².